The Morgan fingerprint density at radius 1 is 1.11 bits per heavy atom. The van der Waals surface area contributed by atoms with Crippen molar-refractivity contribution in [3.05, 3.63) is 46.8 Å². The Balaban J connectivity index is 2.25. The fourth-order valence-electron chi connectivity index (χ4n) is 1.94. The summed E-state index contributed by atoms with van der Waals surface area (Å²) in [6.07, 6.45) is -0.549. The molecule has 2 aromatic rings. The van der Waals surface area contributed by atoms with Gasteiger partial charge in [0, 0.05) is 16.3 Å². The van der Waals surface area contributed by atoms with E-state index in [0.717, 1.165) is 4.88 Å². The third-order valence-corrected chi connectivity index (χ3v) is 4.45. The molecule has 1 atom stereocenters. The molecule has 1 aromatic carbocycles. The molecule has 0 amide bonds. The summed E-state index contributed by atoms with van der Waals surface area (Å²) in [5.74, 6) is 0. The number of benzene rings is 1. The molecule has 1 aromatic heterocycles. The largest absolute Gasteiger partial charge is 0.386 e. The number of hydrogen-bond acceptors (Lipinski definition) is 3. The van der Waals surface area contributed by atoms with Gasteiger partial charge in [-0.3, -0.25) is 0 Å². The van der Waals surface area contributed by atoms with Crippen molar-refractivity contribution >= 4 is 11.3 Å². The predicted octanol–water partition coefficient (Wildman–Crippen LogP) is 3.70. The minimum atomic E-state index is -0.549. The summed E-state index contributed by atoms with van der Waals surface area (Å²) in [6, 6.07) is 12.6. The molecule has 1 heterocycles. The molecule has 0 bridgehead atoms. The zero-order valence-electron chi connectivity index (χ0n) is 11.7. The van der Waals surface area contributed by atoms with Crippen LogP contribution in [0.5, 0.6) is 0 Å². The Hall–Kier alpha value is -1.16. The molecule has 19 heavy (non-hydrogen) atoms. The van der Waals surface area contributed by atoms with Gasteiger partial charge in [-0.1, -0.05) is 45.0 Å². The Labute approximate surface area is 118 Å². The van der Waals surface area contributed by atoms with Crippen LogP contribution < -0.4 is 5.73 Å². The zero-order chi connectivity index (χ0) is 14.0. The van der Waals surface area contributed by atoms with E-state index in [2.05, 4.69) is 45.0 Å². The van der Waals surface area contributed by atoms with E-state index in [1.165, 1.54) is 16.0 Å². The molecule has 0 saturated heterocycles. The third kappa shape index (κ3) is 3.24. The van der Waals surface area contributed by atoms with E-state index in [1.807, 2.05) is 12.1 Å². The summed E-state index contributed by atoms with van der Waals surface area (Å²) in [6.45, 7) is 6.90. The number of thiophene rings is 1. The highest BCUT2D eigenvalue weighted by atomic mass is 32.1. The van der Waals surface area contributed by atoms with Crippen LogP contribution in [0, 0.1) is 0 Å². The molecule has 1 unspecified atom stereocenters. The lowest BCUT2D eigenvalue weighted by atomic mass is 9.86. The first-order valence-corrected chi connectivity index (χ1v) is 7.32. The van der Waals surface area contributed by atoms with Crippen molar-refractivity contribution in [1.82, 2.24) is 0 Å². The van der Waals surface area contributed by atoms with E-state index in [4.69, 9.17) is 5.73 Å². The van der Waals surface area contributed by atoms with Crippen molar-refractivity contribution in [3.63, 3.8) is 0 Å². The van der Waals surface area contributed by atoms with Gasteiger partial charge in [-0.2, -0.15) is 0 Å². The predicted molar refractivity (Wildman–Crippen MR) is 82.5 cm³/mol. The fourth-order valence-corrected chi connectivity index (χ4v) is 2.95. The first-order chi connectivity index (χ1) is 8.91. The third-order valence-electron chi connectivity index (χ3n) is 3.21. The lowest BCUT2D eigenvalue weighted by Gasteiger charge is -2.19. The van der Waals surface area contributed by atoms with Gasteiger partial charge >= 0.3 is 0 Å². The van der Waals surface area contributed by atoms with Gasteiger partial charge in [-0.25, -0.2) is 0 Å². The van der Waals surface area contributed by atoms with Gasteiger partial charge in [0.2, 0.25) is 0 Å². The van der Waals surface area contributed by atoms with Crippen LogP contribution >= 0.6 is 11.3 Å². The summed E-state index contributed by atoms with van der Waals surface area (Å²) in [5, 5.41) is 9.73. The van der Waals surface area contributed by atoms with Crippen LogP contribution in [0.15, 0.2) is 36.4 Å². The van der Waals surface area contributed by atoms with Crippen LogP contribution in [-0.4, -0.2) is 11.7 Å². The molecule has 2 nitrogen and oxygen atoms in total. The summed E-state index contributed by atoms with van der Waals surface area (Å²) in [4.78, 5) is 2.10. The van der Waals surface area contributed by atoms with Crippen LogP contribution in [0.4, 0.5) is 0 Å². The Morgan fingerprint density at radius 3 is 2.26 bits per heavy atom. The number of aliphatic hydroxyl groups excluding tert-OH is 1. The molecule has 0 saturated carbocycles. The molecule has 0 radical (unpaired) electrons. The average Bonchev–Trinajstić information content (AvgIpc) is 2.86. The smallest absolute Gasteiger partial charge is 0.100 e. The Bertz CT molecular complexity index is 537. The van der Waals surface area contributed by atoms with Gasteiger partial charge in [0.25, 0.3) is 0 Å². The van der Waals surface area contributed by atoms with E-state index in [9.17, 15) is 5.11 Å². The highest BCUT2D eigenvalue weighted by Gasteiger charge is 2.14. The minimum absolute atomic E-state index is 0.175. The summed E-state index contributed by atoms with van der Waals surface area (Å²) in [7, 11) is 0. The number of rotatable bonds is 3. The summed E-state index contributed by atoms with van der Waals surface area (Å²) >= 11 is 1.60. The highest BCUT2D eigenvalue weighted by Crippen LogP contribution is 2.32. The maximum Gasteiger partial charge on any atom is 0.100 e. The molecule has 102 valence electrons. The standard InChI is InChI=1S/C16H21NOS/c1-16(2,3)12-6-4-11(5-7-12)14-8-9-15(19-14)13(18)10-17/h4-9,13,18H,10,17H2,1-3H3. The summed E-state index contributed by atoms with van der Waals surface area (Å²) < 4.78 is 0. The molecule has 0 aliphatic carbocycles. The van der Waals surface area contributed by atoms with Gasteiger partial charge in [0.05, 0.1) is 0 Å². The van der Waals surface area contributed by atoms with E-state index in [1.54, 1.807) is 11.3 Å². The average molecular weight is 275 g/mol. The Kier molecular flexibility index (Phi) is 4.09. The molecule has 0 aliphatic rings. The van der Waals surface area contributed by atoms with Crippen molar-refractivity contribution in [2.24, 2.45) is 5.73 Å². The number of aliphatic hydroxyl groups is 1. The molecule has 0 fully saturated rings. The molecular formula is C16H21NOS. The molecular weight excluding hydrogens is 254 g/mol. The van der Waals surface area contributed by atoms with Gasteiger partial charge in [-0.05, 0) is 28.7 Å². The molecule has 3 heteroatoms. The van der Waals surface area contributed by atoms with Gasteiger partial charge in [0.15, 0.2) is 0 Å². The zero-order valence-corrected chi connectivity index (χ0v) is 12.5. The second-order valence-electron chi connectivity index (χ2n) is 5.78. The van der Waals surface area contributed by atoms with Crippen LogP contribution in [-0.2, 0) is 5.41 Å². The van der Waals surface area contributed by atoms with Crippen molar-refractivity contribution in [1.29, 1.82) is 0 Å². The first kappa shape index (κ1) is 14.3. The molecule has 2 rings (SSSR count). The summed E-state index contributed by atoms with van der Waals surface area (Å²) in [5.41, 5.74) is 8.17. The van der Waals surface area contributed by atoms with Crippen molar-refractivity contribution in [3.8, 4) is 10.4 Å². The minimum Gasteiger partial charge on any atom is -0.386 e. The van der Waals surface area contributed by atoms with Crippen LogP contribution in [0.3, 0.4) is 0 Å². The van der Waals surface area contributed by atoms with E-state index < -0.39 is 6.10 Å². The number of hydrogen-bond donors (Lipinski definition) is 2. The first-order valence-electron chi connectivity index (χ1n) is 6.50. The van der Waals surface area contributed by atoms with Crippen LogP contribution in [0.25, 0.3) is 10.4 Å². The fraction of sp³-hybridized carbons (Fsp3) is 0.375. The van der Waals surface area contributed by atoms with E-state index in [0.29, 0.717) is 0 Å². The van der Waals surface area contributed by atoms with Crippen molar-refractivity contribution < 1.29 is 5.11 Å². The molecule has 0 aliphatic heterocycles. The van der Waals surface area contributed by atoms with Crippen molar-refractivity contribution in [2.45, 2.75) is 32.3 Å². The van der Waals surface area contributed by atoms with E-state index in [-0.39, 0.29) is 12.0 Å². The van der Waals surface area contributed by atoms with Gasteiger partial charge < -0.3 is 10.8 Å². The van der Waals surface area contributed by atoms with E-state index >= 15 is 0 Å². The number of nitrogens with two attached hydrogens (primary N) is 1. The molecule has 3 N–H and O–H groups in total. The second kappa shape index (κ2) is 5.45. The highest BCUT2D eigenvalue weighted by molar-refractivity contribution is 7.15. The molecule has 0 spiro atoms. The van der Waals surface area contributed by atoms with Crippen LogP contribution in [0.1, 0.15) is 37.3 Å². The van der Waals surface area contributed by atoms with Gasteiger partial charge in [-0.15, -0.1) is 11.3 Å². The van der Waals surface area contributed by atoms with Gasteiger partial charge in [0.1, 0.15) is 6.10 Å². The maximum absolute atomic E-state index is 9.73. The van der Waals surface area contributed by atoms with Crippen molar-refractivity contribution in [2.75, 3.05) is 6.54 Å². The topological polar surface area (TPSA) is 46.2 Å². The lowest BCUT2D eigenvalue weighted by molar-refractivity contribution is 0.190. The normalized spacial score (nSPS) is 13.5. The van der Waals surface area contributed by atoms with Crippen LogP contribution in [0.2, 0.25) is 0 Å². The lowest BCUT2D eigenvalue weighted by Crippen LogP contribution is -2.10. The monoisotopic (exact) mass is 275 g/mol. The second-order valence-corrected chi connectivity index (χ2v) is 6.90. The maximum atomic E-state index is 9.73. The Morgan fingerprint density at radius 2 is 1.74 bits per heavy atom. The quantitative estimate of drug-likeness (QED) is 0.897. The SMILES string of the molecule is CC(C)(C)c1ccc(-c2ccc(C(O)CN)s2)cc1.